The number of aliphatic hydroxyl groups is 2. The first-order chi connectivity index (χ1) is 14.7. The van der Waals surface area contributed by atoms with Crippen molar-refractivity contribution in [1.29, 1.82) is 0 Å². The quantitative estimate of drug-likeness (QED) is 0.337. The number of ether oxygens (including phenoxy) is 2. The molecule has 34 heavy (non-hydrogen) atoms. The maximum atomic E-state index is 13.2. The van der Waals surface area contributed by atoms with Gasteiger partial charge in [0.1, 0.15) is 33.6 Å². The molecule has 0 aliphatic carbocycles. The first-order valence-electron chi connectivity index (χ1n) is 11.0. The molecule has 3 heterocycles. The lowest BCUT2D eigenvalue weighted by molar-refractivity contribution is -0.181. The molecule has 3 saturated heterocycles. The number of phosphoric acid groups is 2. The van der Waals surface area contributed by atoms with Gasteiger partial charge in [0.2, 0.25) is 0 Å². The van der Waals surface area contributed by atoms with E-state index < -0.39 is 73.7 Å². The molecule has 0 bridgehead atoms. The van der Waals surface area contributed by atoms with Gasteiger partial charge in [-0.25, -0.2) is 9.13 Å². The highest BCUT2D eigenvalue weighted by Crippen LogP contribution is 2.66. The molecule has 0 amide bonds. The van der Waals surface area contributed by atoms with Crippen LogP contribution in [-0.2, 0) is 36.7 Å². The molecule has 0 spiro atoms. The van der Waals surface area contributed by atoms with Crippen LogP contribution < -0.4 is 0 Å². The van der Waals surface area contributed by atoms with E-state index in [0.717, 1.165) is 0 Å². The zero-order valence-corrected chi connectivity index (χ0v) is 23.2. The monoisotopic (exact) mass is 532 g/mol. The van der Waals surface area contributed by atoms with Crippen molar-refractivity contribution in [3.05, 3.63) is 0 Å². The second-order valence-electron chi connectivity index (χ2n) is 11.6. The molecular weight excluding hydrogens is 494 g/mol. The Morgan fingerprint density at radius 2 is 0.853 bits per heavy atom. The molecule has 3 aliphatic heterocycles. The summed E-state index contributed by atoms with van der Waals surface area (Å²) >= 11 is 0. The highest BCUT2D eigenvalue weighted by Gasteiger charge is 2.76. The molecule has 14 heteroatoms. The van der Waals surface area contributed by atoms with Gasteiger partial charge in [-0.05, 0) is 69.2 Å². The average molecular weight is 532 g/mol. The summed E-state index contributed by atoms with van der Waals surface area (Å²) in [7, 11) is -9.87. The van der Waals surface area contributed by atoms with E-state index >= 15 is 0 Å². The van der Waals surface area contributed by atoms with E-state index in [9.17, 15) is 29.1 Å². The fraction of sp³-hybridized carbons (Fsp3) is 1.00. The third-order valence-corrected chi connectivity index (χ3v) is 10.9. The number of hydrogen-bond acceptors (Lipinski definition) is 10. The summed E-state index contributed by atoms with van der Waals surface area (Å²) in [5.41, 5.74) is -13.8. The Kier molecular flexibility index (Phi) is 6.18. The van der Waals surface area contributed by atoms with Crippen molar-refractivity contribution in [2.24, 2.45) is 0 Å². The fourth-order valence-corrected chi connectivity index (χ4v) is 7.92. The van der Waals surface area contributed by atoms with Crippen LogP contribution in [0.25, 0.3) is 0 Å². The first-order valence-corrected chi connectivity index (χ1v) is 13.9. The summed E-state index contributed by atoms with van der Waals surface area (Å²) in [4.78, 5) is 21.4. The zero-order valence-electron chi connectivity index (χ0n) is 21.4. The van der Waals surface area contributed by atoms with Crippen LogP contribution in [0.1, 0.15) is 69.2 Å². The van der Waals surface area contributed by atoms with Crippen molar-refractivity contribution < 1.29 is 56.7 Å². The summed E-state index contributed by atoms with van der Waals surface area (Å²) in [5, 5.41) is 22.7. The maximum Gasteiger partial charge on any atom is 0.473 e. The van der Waals surface area contributed by atoms with Crippen LogP contribution in [0.3, 0.4) is 0 Å². The Morgan fingerprint density at radius 1 is 0.588 bits per heavy atom. The van der Waals surface area contributed by atoms with Gasteiger partial charge in [-0.1, -0.05) is 0 Å². The summed E-state index contributed by atoms with van der Waals surface area (Å²) < 4.78 is 60.2. The third kappa shape index (κ3) is 3.65. The van der Waals surface area contributed by atoms with Gasteiger partial charge in [0.05, 0.1) is 24.4 Å². The van der Waals surface area contributed by atoms with E-state index in [4.69, 9.17) is 27.6 Å². The second-order valence-corrected chi connectivity index (χ2v) is 14.3. The van der Waals surface area contributed by atoms with Crippen molar-refractivity contribution in [2.75, 3.05) is 13.2 Å². The predicted molar refractivity (Wildman–Crippen MR) is 119 cm³/mol. The Bertz CT molecular complexity index is 887. The van der Waals surface area contributed by atoms with Crippen LogP contribution in [0.15, 0.2) is 0 Å². The molecule has 200 valence electrons. The van der Waals surface area contributed by atoms with Gasteiger partial charge >= 0.3 is 15.6 Å². The van der Waals surface area contributed by atoms with E-state index in [-0.39, 0.29) is 0 Å². The molecule has 0 aromatic rings. The zero-order chi connectivity index (χ0) is 26.7. The Labute approximate surface area is 200 Å². The molecule has 0 aromatic carbocycles. The fourth-order valence-electron chi connectivity index (χ4n) is 5.33. The SMILES string of the molecule is CC1(C)OC2(C)COP(=O)(O)OC3(C)C(C)(COP(=O)(O)OC2(C)C1(C)O)OC(C)(C)C3(C)O. The lowest BCUT2D eigenvalue weighted by Crippen LogP contribution is -2.64. The topological polar surface area (TPSA) is 170 Å². The smallest absolute Gasteiger partial charge is 0.384 e. The van der Waals surface area contributed by atoms with Crippen LogP contribution in [0.4, 0.5) is 0 Å². The summed E-state index contributed by atoms with van der Waals surface area (Å²) in [5.74, 6) is 0. The van der Waals surface area contributed by atoms with Crippen molar-refractivity contribution in [3.63, 3.8) is 0 Å². The lowest BCUT2D eigenvalue weighted by atomic mass is 9.71. The van der Waals surface area contributed by atoms with E-state index in [1.54, 1.807) is 0 Å². The predicted octanol–water partition coefficient (Wildman–Crippen LogP) is 2.42. The molecular formula is C20H38O12P2. The molecule has 3 aliphatic rings. The van der Waals surface area contributed by atoms with Crippen LogP contribution in [0.5, 0.6) is 0 Å². The van der Waals surface area contributed by atoms with Gasteiger partial charge in [0, 0.05) is 0 Å². The van der Waals surface area contributed by atoms with Gasteiger partial charge in [0.15, 0.2) is 0 Å². The Hall–Kier alpha value is 0.0600. The van der Waals surface area contributed by atoms with Crippen LogP contribution in [0.2, 0.25) is 0 Å². The van der Waals surface area contributed by atoms with Crippen LogP contribution >= 0.6 is 15.6 Å². The second kappa shape index (κ2) is 7.34. The number of phosphoric ester groups is 2. The lowest BCUT2D eigenvalue weighted by Gasteiger charge is -2.48. The van der Waals surface area contributed by atoms with Gasteiger partial charge < -0.3 is 29.5 Å². The Morgan fingerprint density at radius 3 is 1.12 bits per heavy atom. The van der Waals surface area contributed by atoms with Gasteiger partial charge in [-0.3, -0.25) is 18.1 Å². The molecule has 0 radical (unpaired) electrons. The van der Waals surface area contributed by atoms with E-state index in [1.165, 1.54) is 69.2 Å². The molecule has 8 unspecified atom stereocenters. The molecule has 0 saturated carbocycles. The largest absolute Gasteiger partial charge is 0.473 e. The van der Waals surface area contributed by atoms with Crippen LogP contribution in [0, 0.1) is 0 Å². The van der Waals surface area contributed by atoms with Gasteiger partial charge in [-0.15, -0.1) is 0 Å². The van der Waals surface area contributed by atoms with Crippen LogP contribution in [-0.4, -0.2) is 78.0 Å². The van der Waals surface area contributed by atoms with Gasteiger partial charge in [-0.2, -0.15) is 0 Å². The highest BCUT2D eigenvalue weighted by molar-refractivity contribution is 7.47. The molecule has 0 aromatic heterocycles. The van der Waals surface area contributed by atoms with Crippen molar-refractivity contribution in [1.82, 2.24) is 0 Å². The number of rotatable bonds is 0. The standard InChI is InChI=1S/C20H38O12P2/c1-13(2)17(7,21)19(9)15(5,29-13)11-27-34(25,26)32-20(10)16(6,12-28-33(23,24)31-19)30-14(3,4)18(20,8)22/h21-22H,11-12H2,1-10H3,(H,23,24)(H,25,26). The number of fused-ring (bicyclic) bond motifs is 2. The summed E-state index contributed by atoms with van der Waals surface area (Å²) in [6.45, 7) is 13.0. The minimum Gasteiger partial charge on any atom is -0.384 e. The van der Waals surface area contributed by atoms with Crippen molar-refractivity contribution in [2.45, 2.75) is 114 Å². The normalized spacial score (nSPS) is 57.8. The molecule has 8 atom stereocenters. The molecule has 12 nitrogen and oxygen atoms in total. The van der Waals surface area contributed by atoms with E-state index in [2.05, 4.69) is 0 Å². The molecule has 4 N–H and O–H groups in total. The van der Waals surface area contributed by atoms with Gasteiger partial charge in [0.25, 0.3) is 0 Å². The van der Waals surface area contributed by atoms with Crippen molar-refractivity contribution in [3.8, 4) is 0 Å². The number of hydrogen-bond donors (Lipinski definition) is 4. The molecule has 3 rings (SSSR count). The minimum absolute atomic E-state index is 0.684. The van der Waals surface area contributed by atoms with Crippen molar-refractivity contribution >= 4 is 15.6 Å². The minimum atomic E-state index is -4.93. The first kappa shape index (κ1) is 28.6. The highest BCUT2D eigenvalue weighted by atomic mass is 31.2. The van der Waals surface area contributed by atoms with E-state index in [0.29, 0.717) is 0 Å². The third-order valence-electron chi connectivity index (χ3n) is 8.78. The molecule has 3 fully saturated rings. The summed E-state index contributed by atoms with van der Waals surface area (Å²) in [6, 6.07) is 0. The average Bonchev–Trinajstić information content (AvgIpc) is 2.78. The van der Waals surface area contributed by atoms with E-state index in [1.807, 2.05) is 0 Å². The summed E-state index contributed by atoms with van der Waals surface area (Å²) in [6.07, 6.45) is 0. The maximum absolute atomic E-state index is 13.2. The Balaban J connectivity index is 2.17.